The lowest BCUT2D eigenvalue weighted by molar-refractivity contribution is 0.138. The van der Waals surface area contributed by atoms with E-state index < -0.39 is 11.9 Å². The van der Waals surface area contributed by atoms with Gasteiger partial charge in [-0.3, -0.25) is 0 Å². The van der Waals surface area contributed by atoms with E-state index in [2.05, 4.69) is 15.9 Å². The Morgan fingerprint density at radius 2 is 1.90 bits per heavy atom. The average Bonchev–Trinajstić information content (AvgIpc) is 2.44. The van der Waals surface area contributed by atoms with Crippen LogP contribution in [0.4, 0.5) is 4.39 Å². The minimum absolute atomic E-state index is 0.164. The van der Waals surface area contributed by atoms with Crippen molar-refractivity contribution in [1.29, 1.82) is 0 Å². The highest BCUT2D eigenvalue weighted by Crippen LogP contribution is 2.37. The topological polar surface area (TPSA) is 20.2 Å². The van der Waals surface area contributed by atoms with Crippen molar-refractivity contribution in [2.75, 3.05) is 0 Å². The van der Waals surface area contributed by atoms with Crippen LogP contribution in [0, 0.1) is 5.82 Å². The highest BCUT2D eigenvalue weighted by atomic mass is 79.9. The quantitative estimate of drug-likeness (QED) is 0.719. The maximum absolute atomic E-state index is 14.0. The SMILES string of the molecule is CCC(c1ccccc1)C(O)c1cc(Cl)c(Br)cc1F. The lowest BCUT2D eigenvalue weighted by atomic mass is 9.87. The van der Waals surface area contributed by atoms with Gasteiger partial charge in [-0.15, -0.1) is 0 Å². The van der Waals surface area contributed by atoms with Crippen molar-refractivity contribution in [2.45, 2.75) is 25.4 Å². The molecule has 0 heterocycles. The van der Waals surface area contributed by atoms with Crippen molar-refractivity contribution in [3.05, 3.63) is 68.9 Å². The number of halogens is 3. The first-order valence-corrected chi connectivity index (χ1v) is 7.59. The number of aliphatic hydroxyl groups is 1. The lowest BCUT2D eigenvalue weighted by Gasteiger charge is -2.23. The molecule has 0 fully saturated rings. The molecule has 0 spiro atoms. The van der Waals surface area contributed by atoms with E-state index in [0.717, 1.165) is 5.56 Å². The van der Waals surface area contributed by atoms with Crippen LogP contribution >= 0.6 is 27.5 Å². The van der Waals surface area contributed by atoms with Gasteiger partial charge in [0.1, 0.15) is 5.82 Å². The molecular formula is C16H15BrClFO. The maximum Gasteiger partial charge on any atom is 0.130 e. The molecule has 0 aliphatic carbocycles. The second kappa shape index (κ2) is 6.70. The molecule has 2 aromatic rings. The Hall–Kier alpha value is -0.900. The number of aliphatic hydroxyl groups excluding tert-OH is 1. The first-order valence-electron chi connectivity index (χ1n) is 6.42. The molecule has 0 bridgehead atoms. The van der Waals surface area contributed by atoms with Gasteiger partial charge in [-0.25, -0.2) is 4.39 Å². The molecule has 4 heteroatoms. The van der Waals surface area contributed by atoms with Gasteiger partial charge >= 0.3 is 0 Å². The van der Waals surface area contributed by atoms with Crippen LogP contribution in [0.5, 0.6) is 0 Å². The molecule has 2 rings (SSSR count). The number of benzene rings is 2. The Morgan fingerprint density at radius 1 is 1.25 bits per heavy atom. The molecular weight excluding hydrogens is 343 g/mol. The molecule has 1 nitrogen and oxygen atoms in total. The number of hydrogen-bond acceptors (Lipinski definition) is 1. The van der Waals surface area contributed by atoms with Crippen molar-refractivity contribution in [2.24, 2.45) is 0 Å². The molecule has 2 atom stereocenters. The standard InChI is InChI=1S/C16H15BrClFO/c1-2-11(10-6-4-3-5-7-10)16(20)12-8-14(18)13(17)9-15(12)19/h3-9,11,16,20H,2H2,1H3. The zero-order valence-electron chi connectivity index (χ0n) is 11.0. The number of hydrogen-bond donors (Lipinski definition) is 1. The first kappa shape index (κ1) is 15.5. The smallest absolute Gasteiger partial charge is 0.130 e. The van der Waals surface area contributed by atoms with E-state index in [-0.39, 0.29) is 11.5 Å². The fourth-order valence-electron chi connectivity index (χ4n) is 2.32. The van der Waals surface area contributed by atoms with Crippen molar-refractivity contribution >= 4 is 27.5 Å². The second-order valence-corrected chi connectivity index (χ2v) is 5.92. The van der Waals surface area contributed by atoms with Gasteiger partial charge in [0.15, 0.2) is 0 Å². The molecule has 0 amide bonds. The third kappa shape index (κ3) is 3.22. The maximum atomic E-state index is 14.0. The van der Waals surface area contributed by atoms with Gasteiger partial charge in [-0.05, 0) is 40.0 Å². The van der Waals surface area contributed by atoms with Crippen LogP contribution in [-0.4, -0.2) is 5.11 Å². The van der Waals surface area contributed by atoms with Crippen LogP contribution in [0.25, 0.3) is 0 Å². The van der Waals surface area contributed by atoms with Gasteiger partial charge in [0, 0.05) is 16.0 Å². The van der Waals surface area contributed by atoms with Crippen LogP contribution in [-0.2, 0) is 0 Å². The van der Waals surface area contributed by atoms with Gasteiger partial charge in [0.05, 0.1) is 11.1 Å². The highest BCUT2D eigenvalue weighted by Gasteiger charge is 2.24. The van der Waals surface area contributed by atoms with Crippen LogP contribution in [0.15, 0.2) is 46.9 Å². The highest BCUT2D eigenvalue weighted by molar-refractivity contribution is 9.10. The van der Waals surface area contributed by atoms with Crippen LogP contribution < -0.4 is 0 Å². The molecule has 0 aromatic heterocycles. The zero-order chi connectivity index (χ0) is 14.7. The molecule has 1 N–H and O–H groups in total. The summed E-state index contributed by atoms with van der Waals surface area (Å²) in [6.07, 6.45) is -0.216. The summed E-state index contributed by atoms with van der Waals surface area (Å²) in [4.78, 5) is 0. The van der Waals surface area contributed by atoms with E-state index in [4.69, 9.17) is 11.6 Å². The fourth-order valence-corrected chi connectivity index (χ4v) is 2.81. The summed E-state index contributed by atoms with van der Waals surface area (Å²) in [5.74, 6) is -0.619. The third-order valence-corrected chi connectivity index (χ3v) is 4.60. The van der Waals surface area contributed by atoms with Gasteiger partial charge < -0.3 is 5.11 Å². The van der Waals surface area contributed by atoms with E-state index in [0.29, 0.717) is 15.9 Å². The van der Waals surface area contributed by atoms with E-state index in [1.807, 2.05) is 37.3 Å². The Balaban J connectivity index is 2.39. The first-order chi connectivity index (χ1) is 9.54. The zero-order valence-corrected chi connectivity index (χ0v) is 13.3. The molecule has 0 saturated carbocycles. The van der Waals surface area contributed by atoms with Crippen LogP contribution in [0.2, 0.25) is 5.02 Å². The van der Waals surface area contributed by atoms with Gasteiger partial charge in [0.2, 0.25) is 0 Å². The summed E-state index contributed by atoms with van der Waals surface area (Å²) >= 11 is 9.17. The Morgan fingerprint density at radius 3 is 2.50 bits per heavy atom. The predicted octanol–water partition coefficient (Wildman–Crippen LogP) is 5.47. The Labute approximate surface area is 131 Å². The third-order valence-electron chi connectivity index (χ3n) is 3.41. The minimum Gasteiger partial charge on any atom is -0.388 e. The molecule has 2 unspecified atom stereocenters. The summed E-state index contributed by atoms with van der Waals surface area (Å²) in [7, 11) is 0. The van der Waals surface area contributed by atoms with Crippen molar-refractivity contribution in [3.63, 3.8) is 0 Å². The summed E-state index contributed by atoms with van der Waals surface area (Å²) in [5.41, 5.74) is 1.22. The fraction of sp³-hybridized carbons (Fsp3) is 0.250. The van der Waals surface area contributed by atoms with Crippen molar-refractivity contribution < 1.29 is 9.50 Å². The predicted molar refractivity (Wildman–Crippen MR) is 83.5 cm³/mol. The van der Waals surface area contributed by atoms with E-state index >= 15 is 0 Å². The molecule has 0 saturated heterocycles. The Kier molecular flexibility index (Phi) is 5.19. The van der Waals surface area contributed by atoms with Crippen LogP contribution in [0.3, 0.4) is 0 Å². The molecule has 20 heavy (non-hydrogen) atoms. The molecule has 2 aromatic carbocycles. The lowest BCUT2D eigenvalue weighted by Crippen LogP contribution is -2.12. The summed E-state index contributed by atoms with van der Waals surface area (Å²) < 4.78 is 14.5. The van der Waals surface area contributed by atoms with E-state index in [1.54, 1.807) is 0 Å². The Bertz CT molecular complexity index is 589. The van der Waals surface area contributed by atoms with Crippen molar-refractivity contribution in [3.8, 4) is 0 Å². The number of rotatable bonds is 4. The molecule has 106 valence electrons. The van der Waals surface area contributed by atoms with Gasteiger partial charge in [-0.1, -0.05) is 48.9 Å². The van der Waals surface area contributed by atoms with Crippen LogP contribution in [0.1, 0.15) is 36.5 Å². The summed E-state index contributed by atoms with van der Waals surface area (Å²) in [6.45, 7) is 1.97. The van der Waals surface area contributed by atoms with Gasteiger partial charge in [-0.2, -0.15) is 0 Å². The van der Waals surface area contributed by atoms with E-state index in [1.165, 1.54) is 12.1 Å². The van der Waals surface area contributed by atoms with Crippen molar-refractivity contribution in [1.82, 2.24) is 0 Å². The van der Waals surface area contributed by atoms with Gasteiger partial charge in [0.25, 0.3) is 0 Å². The molecule has 0 aliphatic heterocycles. The largest absolute Gasteiger partial charge is 0.388 e. The molecule has 0 aliphatic rings. The monoisotopic (exact) mass is 356 g/mol. The van der Waals surface area contributed by atoms with E-state index in [9.17, 15) is 9.50 Å². The second-order valence-electron chi connectivity index (χ2n) is 4.66. The summed E-state index contributed by atoms with van der Waals surface area (Å²) in [5, 5.41) is 10.9. The average molecular weight is 358 g/mol. The summed E-state index contributed by atoms with van der Waals surface area (Å²) in [6, 6.07) is 12.4. The normalized spacial score (nSPS) is 14.1. The molecule has 0 radical (unpaired) electrons. The minimum atomic E-state index is -0.923.